The number of piperidine rings is 1. The lowest BCUT2D eigenvalue weighted by Gasteiger charge is -2.26. The average molecular weight is 408 g/mol. The normalized spacial score (nSPS) is 15.6. The van der Waals surface area contributed by atoms with Crippen molar-refractivity contribution >= 4 is 17.5 Å². The van der Waals surface area contributed by atoms with Crippen molar-refractivity contribution in [3.8, 4) is 0 Å². The summed E-state index contributed by atoms with van der Waals surface area (Å²) in [6, 6.07) is 14.8. The first kappa shape index (κ1) is 22.0. The Balaban J connectivity index is 1.64. The minimum Gasteiger partial charge on any atom is -0.340 e. The first-order valence-electron chi connectivity index (χ1n) is 10.9. The summed E-state index contributed by atoms with van der Waals surface area (Å²) in [6.45, 7) is 9.00. The van der Waals surface area contributed by atoms with Crippen molar-refractivity contribution in [2.75, 3.05) is 18.4 Å². The Bertz CT molecular complexity index is 872. The Morgan fingerprint density at radius 2 is 1.73 bits per heavy atom. The predicted octanol–water partition coefficient (Wildman–Crippen LogP) is 4.37. The van der Waals surface area contributed by atoms with Crippen molar-refractivity contribution in [3.63, 3.8) is 0 Å². The molecule has 1 atom stereocenters. The van der Waals surface area contributed by atoms with E-state index in [0.717, 1.165) is 30.9 Å². The third-order valence-corrected chi connectivity index (χ3v) is 5.57. The number of carbonyl (C=O) groups is 2. The van der Waals surface area contributed by atoms with Gasteiger partial charge in [0.2, 0.25) is 5.91 Å². The number of hydrogen-bond acceptors (Lipinski definition) is 3. The standard InChI is InChI=1S/C25H33N3O2/c1-18(2)23(27-24(29)21-11-7-9-19(3)15-21)25(30)26-22-12-8-10-20(16-22)17-28-13-5-4-6-14-28/h7-12,15-16,18,23H,4-6,13-14,17H2,1-3H3,(H,26,30)(H,27,29). The van der Waals surface area contributed by atoms with Crippen LogP contribution in [0, 0.1) is 12.8 Å². The van der Waals surface area contributed by atoms with Gasteiger partial charge < -0.3 is 10.6 Å². The van der Waals surface area contributed by atoms with Crippen LogP contribution in [0.1, 0.15) is 54.6 Å². The van der Waals surface area contributed by atoms with Crippen molar-refractivity contribution < 1.29 is 9.59 Å². The second-order valence-electron chi connectivity index (χ2n) is 8.59. The van der Waals surface area contributed by atoms with E-state index >= 15 is 0 Å². The lowest BCUT2D eigenvalue weighted by Crippen LogP contribution is -2.47. The van der Waals surface area contributed by atoms with Crippen molar-refractivity contribution in [3.05, 3.63) is 65.2 Å². The fourth-order valence-corrected chi connectivity index (χ4v) is 3.89. The number of amides is 2. The van der Waals surface area contributed by atoms with Gasteiger partial charge in [-0.15, -0.1) is 0 Å². The molecule has 0 aromatic heterocycles. The fraction of sp³-hybridized carbons (Fsp3) is 0.440. The molecule has 1 heterocycles. The molecular formula is C25H33N3O2. The largest absolute Gasteiger partial charge is 0.340 e. The average Bonchev–Trinajstić information content (AvgIpc) is 2.72. The molecule has 1 saturated heterocycles. The van der Waals surface area contributed by atoms with Gasteiger partial charge in [-0.3, -0.25) is 14.5 Å². The van der Waals surface area contributed by atoms with E-state index in [0.29, 0.717) is 5.56 Å². The molecule has 0 bridgehead atoms. The van der Waals surface area contributed by atoms with Crippen LogP contribution in [0.3, 0.4) is 0 Å². The number of benzene rings is 2. The monoisotopic (exact) mass is 407 g/mol. The van der Waals surface area contributed by atoms with E-state index in [2.05, 4.69) is 21.6 Å². The summed E-state index contributed by atoms with van der Waals surface area (Å²) in [5, 5.41) is 5.90. The van der Waals surface area contributed by atoms with E-state index < -0.39 is 6.04 Å². The zero-order valence-corrected chi connectivity index (χ0v) is 18.3. The number of nitrogens with zero attached hydrogens (tertiary/aromatic N) is 1. The molecule has 2 N–H and O–H groups in total. The minimum atomic E-state index is -0.608. The van der Waals surface area contributed by atoms with E-state index in [1.807, 2.05) is 57.2 Å². The molecule has 1 aliphatic rings. The molecule has 2 amide bonds. The molecule has 3 rings (SSSR count). The molecule has 0 aliphatic carbocycles. The first-order chi connectivity index (χ1) is 14.4. The maximum Gasteiger partial charge on any atom is 0.251 e. The second kappa shape index (κ2) is 10.4. The van der Waals surface area contributed by atoms with Crippen LogP contribution in [0.4, 0.5) is 5.69 Å². The highest BCUT2D eigenvalue weighted by Crippen LogP contribution is 2.17. The third kappa shape index (κ3) is 6.17. The SMILES string of the molecule is Cc1cccc(C(=O)NC(C(=O)Nc2cccc(CN3CCCCC3)c2)C(C)C)c1. The molecule has 2 aromatic rings. The Hall–Kier alpha value is -2.66. The van der Waals surface area contributed by atoms with Crippen molar-refractivity contribution in [2.24, 2.45) is 5.92 Å². The zero-order valence-electron chi connectivity index (χ0n) is 18.3. The van der Waals surface area contributed by atoms with Crippen LogP contribution in [0.15, 0.2) is 48.5 Å². The molecule has 0 saturated carbocycles. The Morgan fingerprint density at radius 3 is 2.43 bits per heavy atom. The molecule has 5 heteroatoms. The second-order valence-corrected chi connectivity index (χ2v) is 8.59. The highest BCUT2D eigenvalue weighted by molar-refractivity contribution is 6.01. The maximum atomic E-state index is 13.0. The molecule has 5 nitrogen and oxygen atoms in total. The van der Waals surface area contributed by atoms with Crippen molar-refractivity contribution in [1.29, 1.82) is 0 Å². The van der Waals surface area contributed by atoms with Gasteiger partial charge in [0.15, 0.2) is 0 Å². The van der Waals surface area contributed by atoms with Gasteiger partial charge in [0, 0.05) is 17.8 Å². The summed E-state index contributed by atoms with van der Waals surface area (Å²) in [7, 11) is 0. The summed E-state index contributed by atoms with van der Waals surface area (Å²) in [4.78, 5) is 28.1. The highest BCUT2D eigenvalue weighted by atomic mass is 16.2. The van der Waals surface area contributed by atoms with E-state index in [1.165, 1.54) is 24.8 Å². The number of aryl methyl sites for hydroxylation is 1. The van der Waals surface area contributed by atoms with Crippen LogP contribution >= 0.6 is 0 Å². The first-order valence-corrected chi connectivity index (χ1v) is 10.9. The molecule has 0 spiro atoms. The van der Waals surface area contributed by atoms with Crippen molar-refractivity contribution in [1.82, 2.24) is 10.2 Å². The third-order valence-electron chi connectivity index (χ3n) is 5.57. The summed E-state index contributed by atoms with van der Waals surface area (Å²) in [5.41, 5.74) is 3.54. The van der Waals surface area contributed by atoms with Gasteiger partial charge in [0.1, 0.15) is 6.04 Å². The number of likely N-dealkylation sites (tertiary alicyclic amines) is 1. The number of carbonyl (C=O) groups excluding carboxylic acids is 2. The molecule has 1 aliphatic heterocycles. The Kier molecular flexibility index (Phi) is 7.63. The number of nitrogens with one attached hydrogen (secondary N) is 2. The fourth-order valence-electron chi connectivity index (χ4n) is 3.89. The predicted molar refractivity (Wildman–Crippen MR) is 121 cm³/mol. The molecular weight excluding hydrogens is 374 g/mol. The zero-order chi connectivity index (χ0) is 21.5. The van der Waals surface area contributed by atoms with Gasteiger partial charge in [-0.1, -0.05) is 50.1 Å². The van der Waals surface area contributed by atoms with Crippen LogP contribution in [-0.2, 0) is 11.3 Å². The van der Waals surface area contributed by atoms with Crippen LogP contribution in [-0.4, -0.2) is 35.8 Å². The lowest BCUT2D eigenvalue weighted by atomic mass is 10.0. The highest BCUT2D eigenvalue weighted by Gasteiger charge is 2.25. The van der Waals surface area contributed by atoms with Gasteiger partial charge in [-0.05, 0) is 68.6 Å². The quantitative estimate of drug-likeness (QED) is 0.716. The maximum absolute atomic E-state index is 13.0. The Labute approximate surface area is 179 Å². The van der Waals surface area contributed by atoms with Crippen molar-refractivity contribution in [2.45, 2.75) is 52.6 Å². The van der Waals surface area contributed by atoms with Crippen LogP contribution in [0.2, 0.25) is 0 Å². The molecule has 30 heavy (non-hydrogen) atoms. The van der Waals surface area contributed by atoms with Gasteiger partial charge >= 0.3 is 0 Å². The van der Waals surface area contributed by atoms with Gasteiger partial charge in [0.05, 0.1) is 0 Å². The molecule has 160 valence electrons. The van der Waals surface area contributed by atoms with E-state index in [1.54, 1.807) is 6.07 Å². The van der Waals surface area contributed by atoms with Gasteiger partial charge in [-0.25, -0.2) is 0 Å². The van der Waals surface area contributed by atoms with Gasteiger partial charge in [0.25, 0.3) is 5.91 Å². The smallest absolute Gasteiger partial charge is 0.251 e. The van der Waals surface area contributed by atoms with E-state index in [-0.39, 0.29) is 17.7 Å². The molecule has 2 aromatic carbocycles. The van der Waals surface area contributed by atoms with Crippen LogP contribution < -0.4 is 10.6 Å². The summed E-state index contributed by atoms with van der Waals surface area (Å²) in [6.07, 6.45) is 3.83. The van der Waals surface area contributed by atoms with Crippen LogP contribution in [0.25, 0.3) is 0 Å². The lowest BCUT2D eigenvalue weighted by molar-refractivity contribution is -0.118. The molecule has 1 fully saturated rings. The van der Waals surface area contributed by atoms with Gasteiger partial charge in [-0.2, -0.15) is 0 Å². The summed E-state index contributed by atoms with van der Waals surface area (Å²) < 4.78 is 0. The number of rotatable bonds is 7. The number of hydrogen-bond donors (Lipinski definition) is 2. The molecule has 1 unspecified atom stereocenters. The summed E-state index contributed by atoms with van der Waals surface area (Å²) in [5.74, 6) is -0.456. The molecule has 0 radical (unpaired) electrons. The van der Waals surface area contributed by atoms with E-state index in [4.69, 9.17) is 0 Å². The Morgan fingerprint density at radius 1 is 1.00 bits per heavy atom. The summed E-state index contributed by atoms with van der Waals surface area (Å²) >= 11 is 0. The number of anilines is 1. The van der Waals surface area contributed by atoms with Crippen LogP contribution in [0.5, 0.6) is 0 Å². The minimum absolute atomic E-state index is 0.0321. The van der Waals surface area contributed by atoms with E-state index in [9.17, 15) is 9.59 Å². The topological polar surface area (TPSA) is 61.4 Å².